The van der Waals surface area contributed by atoms with Crippen LogP contribution in [0.25, 0.3) is 0 Å². The predicted octanol–water partition coefficient (Wildman–Crippen LogP) is 4.41. The molecule has 0 spiro atoms. The summed E-state index contributed by atoms with van der Waals surface area (Å²) < 4.78 is 44.0. The van der Waals surface area contributed by atoms with Gasteiger partial charge in [-0.05, 0) is 68.5 Å². The summed E-state index contributed by atoms with van der Waals surface area (Å²) in [5.74, 6) is -0.122. The molecule has 0 radical (unpaired) electrons. The molecule has 1 heterocycles. The average Bonchev–Trinajstić information content (AvgIpc) is 3.06. The zero-order valence-electron chi connectivity index (χ0n) is 16.7. The van der Waals surface area contributed by atoms with Crippen molar-refractivity contribution in [3.8, 4) is 0 Å². The minimum Gasteiger partial charge on any atom is -0.266 e. The van der Waals surface area contributed by atoms with Gasteiger partial charge in [0, 0.05) is 17.8 Å². The molecule has 1 N–H and O–H groups in total. The minimum atomic E-state index is -3.80. The van der Waals surface area contributed by atoms with Crippen molar-refractivity contribution < 1.29 is 12.8 Å². The van der Waals surface area contributed by atoms with Crippen LogP contribution >= 0.6 is 0 Å². The molecule has 2 aromatic carbocycles. The molecule has 0 aliphatic rings. The highest BCUT2D eigenvalue weighted by molar-refractivity contribution is 7.92. The zero-order chi connectivity index (χ0) is 20.6. The van der Waals surface area contributed by atoms with Gasteiger partial charge in [0.1, 0.15) is 5.82 Å². The lowest BCUT2D eigenvalue weighted by atomic mass is 9.95. The van der Waals surface area contributed by atoms with E-state index in [1.807, 2.05) is 34.6 Å². The third-order valence-corrected chi connectivity index (χ3v) is 7.00. The van der Waals surface area contributed by atoms with Gasteiger partial charge in [0.25, 0.3) is 10.0 Å². The van der Waals surface area contributed by atoms with E-state index in [0.29, 0.717) is 5.56 Å². The third kappa shape index (κ3) is 3.67. The van der Waals surface area contributed by atoms with Crippen molar-refractivity contribution in [3.05, 3.63) is 75.7 Å². The van der Waals surface area contributed by atoms with Crippen molar-refractivity contribution in [2.75, 3.05) is 4.72 Å². The SMILES string of the molecule is Cc1c(C)c(C)c(S(=O)(=O)Nc2ccn(Cc3ccccc3F)n2)c(C)c1C. The lowest BCUT2D eigenvalue weighted by molar-refractivity contribution is 0.585. The third-order valence-electron chi connectivity index (χ3n) is 5.37. The number of hydrogen-bond acceptors (Lipinski definition) is 3. The molecular weight excluding hydrogens is 377 g/mol. The van der Waals surface area contributed by atoms with Crippen molar-refractivity contribution in [3.63, 3.8) is 0 Å². The van der Waals surface area contributed by atoms with Gasteiger partial charge >= 0.3 is 0 Å². The Hall–Kier alpha value is -2.67. The lowest BCUT2D eigenvalue weighted by Gasteiger charge is -2.18. The number of halogens is 1. The molecule has 0 amide bonds. The largest absolute Gasteiger partial charge is 0.266 e. The van der Waals surface area contributed by atoms with E-state index in [4.69, 9.17) is 0 Å². The first kappa shape index (κ1) is 20.1. The molecule has 1 aromatic heterocycles. The minimum absolute atomic E-state index is 0.200. The molecule has 0 atom stereocenters. The van der Waals surface area contributed by atoms with Crippen LogP contribution in [-0.2, 0) is 16.6 Å². The van der Waals surface area contributed by atoms with Crippen LogP contribution in [0.4, 0.5) is 10.2 Å². The van der Waals surface area contributed by atoms with Crippen molar-refractivity contribution in [2.24, 2.45) is 0 Å². The number of nitrogens with zero attached hydrogens (tertiary/aromatic N) is 2. The second kappa shape index (κ2) is 7.39. The number of hydrogen-bond donors (Lipinski definition) is 1. The van der Waals surface area contributed by atoms with Crippen molar-refractivity contribution in [1.29, 1.82) is 0 Å². The van der Waals surface area contributed by atoms with Crippen LogP contribution < -0.4 is 4.72 Å². The first-order chi connectivity index (χ1) is 13.1. The summed E-state index contributed by atoms with van der Waals surface area (Å²) in [5, 5.41) is 4.24. The topological polar surface area (TPSA) is 64.0 Å². The molecular formula is C21H24FN3O2S. The van der Waals surface area contributed by atoms with Gasteiger partial charge in [-0.15, -0.1) is 0 Å². The Bertz CT molecular complexity index is 1120. The van der Waals surface area contributed by atoms with Crippen molar-refractivity contribution in [1.82, 2.24) is 9.78 Å². The standard InChI is InChI=1S/C21H24FN3O2S/c1-13-14(2)16(4)21(17(5)15(13)3)28(26,27)24-20-10-11-25(23-20)12-18-8-6-7-9-19(18)22/h6-11H,12H2,1-5H3,(H,23,24). The molecule has 28 heavy (non-hydrogen) atoms. The second-order valence-electron chi connectivity index (χ2n) is 7.05. The Morgan fingerprint density at radius 2 is 1.50 bits per heavy atom. The first-order valence-electron chi connectivity index (χ1n) is 8.98. The van der Waals surface area contributed by atoms with E-state index in [9.17, 15) is 12.8 Å². The van der Waals surface area contributed by atoms with Crippen molar-refractivity contribution in [2.45, 2.75) is 46.1 Å². The van der Waals surface area contributed by atoms with Gasteiger partial charge in [-0.3, -0.25) is 9.40 Å². The summed E-state index contributed by atoms with van der Waals surface area (Å²) in [7, 11) is -3.80. The van der Waals surface area contributed by atoms with Gasteiger partial charge in [0.2, 0.25) is 0 Å². The van der Waals surface area contributed by atoms with E-state index in [0.717, 1.165) is 27.8 Å². The highest BCUT2D eigenvalue weighted by Crippen LogP contribution is 2.30. The molecule has 3 aromatic rings. The molecule has 148 valence electrons. The molecule has 5 nitrogen and oxygen atoms in total. The van der Waals surface area contributed by atoms with Gasteiger partial charge in [0.15, 0.2) is 5.82 Å². The van der Waals surface area contributed by atoms with Crippen molar-refractivity contribution >= 4 is 15.8 Å². The smallest absolute Gasteiger partial charge is 0.263 e. The molecule has 0 saturated carbocycles. The maximum absolute atomic E-state index is 13.8. The van der Waals surface area contributed by atoms with Crippen LogP contribution in [0.3, 0.4) is 0 Å². The van der Waals surface area contributed by atoms with E-state index >= 15 is 0 Å². The van der Waals surface area contributed by atoms with E-state index < -0.39 is 10.0 Å². The number of sulfonamides is 1. The van der Waals surface area contributed by atoms with Crippen LogP contribution in [0.5, 0.6) is 0 Å². The van der Waals surface area contributed by atoms with Gasteiger partial charge in [0.05, 0.1) is 11.4 Å². The fraction of sp³-hybridized carbons (Fsp3) is 0.286. The number of aromatic nitrogens is 2. The molecule has 0 aliphatic heterocycles. The van der Waals surface area contributed by atoms with Crippen LogP contribution in [0, 0.1) is 40.4 Å². The summed E-state index contributed by atoms with van der Waals surface area (Å²) in [6.45, 7) is 9.72. The first-order valence-corrected chi connectivity index (χ1v) is 10.5. The maximum atomic E-state index is 13.8. The second-order valence-corrected chi connectivity index (χ2v) is 8.67. The normalized spacial score (nSPS) is 11.6. The highest BCUT2D eigenvalue weighted by Gasteiger charge is 2.24. The van der Waals surface area contributed by atoms with Crippen LogP contribution in [0.1, 0.15) is 33.4 Å². The Morgan fingerprint density at radius 1 is 0.929 bits per heavy atom. The lowest BCUT2D eigenvalue weighted by Crippen LogP contribution is -2.18. The monoisotopic (exact) mass is 401 g/mol. The summed E-state index contributed by atoms with van der Waals surface area (Å²) >= 11 is 0. The van der Waals surface area contributed by atoms with E-state index in [2.05, 4.69) is 9.82 Å². The van der Waals surface area contributed by atoms with Crippen LogP contribution in [0.2, 0.25) is 0 Å². The fourth-order valence-electron chi connectivity index (χ4n) is 3.36. The average molecular weight is 402 g/mol. The molecule has 0 aliphatic carbocycles. The van der Waals surface area contributed by atoms with Gasteiger partial charge < -0.3 is 0 Å². The Kier molecular flexibility index (Phi) is 5.30. The summed E-state index contributed by atoms with van der Waals surface area (Å²) in [6.07, 6.45) is 1.62. The summed E-state index contributed by atoms with van der Waals surface area (Å²) in [6, 6.07) is 8.00. The highest BCUT2D eigenvalue weighted by atomic mass is 32.2. The number of rotatable bonds is 5. The Balaban J connectivity index is 1.91. The molecule has 0 fully saturated rings. The predicted molar refractivity (Wildman–Crippen MR) is 109 cm³/mol. The molecule has 0 unspecified atom stereocenters. The van der Waals surface area contributed by atoms with Crippen LogP contribution in [0.15, 0.2) is 41.4 Å². The van der Waals surface area contributed by atoms with Gasteiger partial charge in [-0.25, -0.2) is 12.8 Å². The molecule has 3 rings (SSSR count). The number of anilines is 1. The molecule has 7 heteroatoms. The zero-order valence-corrected chi connectivity index (χ0v) is 17.5. The van der Waals surface area contributed by atoms with E-state index in [-0.39, 0.29) is 23.1 Å². The van der Waals surface area contributed by atoms with E-state index in [1.54, 1.807) is 30.5 Å². The maximum Gasteiger partial charge on any atom is 0.263 e. The van der Waals surface area contributed by atoms with Gasteiger partial charge in [-0.1, -0.05) is 18.2 Å². The number of benzene rings is 2. The fourth-order valence-corrected chi connectivity index (χ4v) is 4.96. The van der Waals surface area contributed by atoms with E-state index in [1.165, 1.54) is 10.7 Å². The summed E-state index contributed by atoms with van der Waals surface area (Å²) in [5.41, 5.74) is 4.99. The Morgan fingerprint density at radius 3 is 2.11 bits per heavy atom. The van der Waals surface area contributed by atoms with Gasteiger partial charge in [-0.2, -0.15) is 5.10 Å². The van der Waals surface area contributed by atoms with Crippen LogP contribution in [-0.4, -0.2) is 18.2 Å². The molecule has 0 bridgehead atoms. The Labute approximate surface area is 165 Å². The summed E-state index contributed by atoms with van der Waals surface area (Å²) in [4.78, 5) is 0.289. The molecule has 0 saturated heterocycles. The quantitative estimate of drug-likeness (QED) is 0.689. The number of nitrogens with one attached hydrogen (secondary N) is 1.